The van der Waals surface area contributed by atoms with E-state index < -0.39 is 32.3 Å². The standard InChI is InChI=1S/C40H38N6O7S2/c1-25(47)41-38-43-44-40(54-38)55(50,51)45-37(48)29-18-17-28(35(22-29)52-2)21-30-24-46(36(26-11-5-3-6-12-26)27-13-7-4-8-14-27)34-20-19-31(23-33(30)34)42-39(49)53-32-15-9-10-16-32/h3-8,11-14,17-20,22-24,32,36H,9-10,15-16,21H2,1-2H3,(H,42,49)(H,45,48)(H,41,43,47). The van der Waals surface area contributed by atoms with Crippen LogP contribution in [0.25, 0.3) is 10.9 Å². The molecular formula is C40H38N6O7S2. The van der Waals surface area contributed by atoms with Crippen molar-refractivity contribution in [3.05, 3.63) is 131 Å². The zero-order chi connectivity index (χ0) is 38.5. The van der Waals surface area contributed by atoms with E-state index in [0.29, 0.717) is 29.2 Å². The SMILES string of the molecule is COc1cc(C(=O)NS(=O)(=O)c2nnc(NC(C)=O)s2)ccc1Cc1cn(C(c2ccccc2)c2ccccc2)c2ccc(NC(=O)OC3CCCC3)cc12. The molecule has 7 rings (SSSR count). The normalized spacial score (nSPS) is 13.1. The van der Waals surface area contributed by atoms with Gasteiger partial charge in [-0.15, -0.1) is 10.2 Å². The van der Waals surface area contributed by atoms with E-state index in [1.807, 2.05) is 59.3 Å². The number of anilines is 2. The molecule has 0 atom stereocenters. The number of amides is 3. The lowest BCUT2D eigenvalue weighted by Crippen LogP contribution is -2.30. The summed E-state index contributed by atoms with van der Waals surface area (Å²) in [7, 11) is -2.91. The number of rotatable bonds is 12. The maximum absolute atomic E-state index is 13.2. The van der Waals surface area contributed by atoms with Crippen LogP contribution in [0.4, 0.5) is 15.6 Å². The fraction of sp³-hybridized carbons (Fsp3) is 0.225. The number of nitrogens with one attached hydrogen (secondary N) is 3. The minimum absolute atomic E-state index is 0.0153. The molecule has 2 heterocycles. The van der Waals surface area contributed by atoms with Crippen molar-refractivity contribution >= 4 is 61.0 Å². The molecule has 13 nitrogen and oxygen atoms in total. The van der Waals surface area contributed by atoms with E-state index in [-0.39, 0.29) is 22.8 Å². The van der Waals surface area contributed by atoms with Gasteiger partial charge in [0.15, 0.2) is 0 Å². The largest absolute Gasteiger partial charge is 0.496 e. The number of carbonyl (C=O) groups excluding carboxylic acids is 3. The van der Waals surface area contributed by atoms with Crippen LogP contribution in [-0.2, 0) is 26.0 Å². The number of aromatic nitrogens is 3. The summed E-state index contributed by atoms with van der Waals surface area (Å²) in [5.74, 6) is -0.970. The van der Waals surface area contributed by atoms with Crippen LogP contribution >= 0.6 is 11.3 Å². The molecule has 2 aromatic heterocycles. The molecular weight excluding hydrogens is 741 g/mol. The van der Waals surface area contributed by atoms with Crippen molar-refractivity contribution in [3.63, 3.8) is 0 Å². The van der Waals surface area contributed by atoms with E-state index in [1.165, 1.54) is 26.2 Å². The number of sulfonamides is 1. The number of fused-ring (bicyclic) bond motifs is 1. The number of benzene rings is 4. The first-order chi connectivity index (χ1) is 26.6. The summed E-state index contributed by atoms with van der Waals surface area (Å²) in [6, 6.07) is 30.7. The Labute approximate surface area is 321 Å². The molecule has 0 spiro atoms. The van der Waals surface area contributed by atoms with Crippen LogP contribution in [0.15, 0.2) is 108 Å². The van der Waals surface area contributed by atoms with Gasteiger partial charge in [-0.3, -0.25) is 14.9 Å². The highest BCUT2D eigenvalue weighted by Gasteiger charge is 2.26. The fourth-order valence-corrected chi connectivity index (χ4v) is 8.75. The molecule has 0 saturated heterocycles. The third-order valence-corrected chi connectivity index (χ3v) is 11.9. The van der Waals surface area contributed by atoms with Gasteiger partial charge in [0, 0.05) is 41.7 Å². The van der Waals surface area contributed by atoms with Crippen LogP contribution in [0.2, 0.25) is 0 Å². The van der Waals surface area contributed by atoms with Crippen molar-refractivity contribution in [2.45, 2.75) is 55.5 Å². The molecule has 1 fully saturated rings. The van der Waals surface area contributed by atoms with Gasteiger partial charge in [0.25, 0.3) is 20.3 Å². The van der Waals surface area contributed by atoms with Crippen LogP contribution in [-0.4, -0.2) is 54.3 Å². The van der Waals surface area contributed by atoms with Gasteiger partial charge in [-0.05, 0) is 78.3 Å². The summed E-state index contributed by atoms with van der Waals surface area (Å²) in [6.45, 7) is 1.25. The summed E-state index contributed by atoms with van der Waals surface area (Å²) in [5.41, 5.74) is 5.39. The fourth-order valence-electron chi connectivity index (χ4n) is 6.83. The average Bonchev–Trinajstić information content (AvgIpc) is 3.94. The Morgan fingerprint density at radius 1 is 0.873 bits per heavy atom. The van der Waals surface area contributed by atoms with Crippen molar-refractivity contribution in [1.82, 2.24) is 19.5 Å². The van der Waals surface area contributed by atoms with Crippen LogP contribution in [0.3, 0.4) is 0 Å². The summed E-state index contributed by atoms with van der Waals surface area (Å²) in [4.78, 5) is 37.4. The first-order valence-corrected chi connectivity index (χ1v) is 19.9. The van der Waals surface area contributed by atoms with Crippen LogP contribution in [0, 0.1) is 0 Å². The summed E-state index contributed by atoms with van der Waals surface area (Å²) < 4.78 is 41.1. The number of ether oxygens (including phenoxy) is 2. The van der Waals surface area contributed by atoms with Gasteiger partial charge in [-0.25, -0.2) is 9.52 Å². The third kappa shape index (κ3) is 8.53. The Balaban J connectivity index is 1.23. The number of hydrogen-bond donors (Lipinski definition) is 3. The van der Waals surface area contributed by atoms with Crippen molar-refractivity contribution in [3.8, 4) is 5.75 Å². The van der Waals surface area contributed by atoms with E-state index in [4.69, 9.17) is 9.47 Å². The Kier molecular flexibility index (Phi) is 10.9. The van der Waals surface area contributed by atoms with E-state index in [2.05, 4.69) is 55.9 Å². The molecule has 0 radical (unpaired) electrons. The van der Waals surface area contributed by atoms with E-state index in [9.17, 15) is 22.8 Å². The molecule has 55 heavy (non-hydrogen) atoms. The van der Waals surface area contributed by atoms with Crippen LogP contribution in [0.5, 0.6) is 5.75 Å². The molecule has 0 aliphatic heterocycles. The van der Waals surface area contributed by atoms with E-state index in [1.54, 1.807) is 6.07 Å². The molecule has 1 aliphatic rings. The van der Waals surface area contributed by atoms with Gasteiger partial charge >= 0.3 is 6.09 Å². The Morgan fingerprint density at radius 3 is 2.22 bits per heavy atom. The van der Waals surface area contributed by atoms with Crippen molar-refractivity contribution < 1.29 is 32.3 Å². The van der Waals surface area contributed by atoms with Gasteiger partial charge in [-0.2, -0.15) is 8.42 Å². The van der Waals surface area contributed by atoms with Gasteiger partial charge in [0.05, 0.1) is 13.2 Å². The van der Waals surface area contributed by atoms with Crippen LogP contribution in [0.1, 0.15) is 71.3 Å². The zero-order valence-corrected chi connectivity index (χ0v) is 31.7. The second-order valence-electron chi connectivity index (χ2n) is 13.1. The molecule has 3 N–H and O–H groups in total. The molecule has 15 heteroatoms. The molecule has 1 saturated carbocycles. The highest BCUT2D eigenvalue weighted by atomic mass is 32.2. The summed E-state index contributed by atoms with van der Waals surface area (Å²) in [6.07, 6.45) is 5.72. The first kappa shape index (κ1) is 37.3. The topological polar surface area (TPSA) is 171 Å². The lowest BCUT2D eigenvalue weighted by atomic mass is 9.98. The Bertz CT molecular complexity index is 2420. The maximum Gasteiger partial charge on any atom is 0.411 e. The molecule has 0 unspecified atom stereocenters. The predicted octanol–water partition coefficient (Wildman–Crippen LogP) is 7.30. The van der Waals surface area contributed by atoms with Crippen molar-refractivity contribution in [2.75, 3.05) is 17.7 Å². The quantitative estimate of drug-likeness (QED) is 0.108. The lowest BCUT2D eigenvalue weighted by Gasteiger charge is -2.22. The minimum atomic E-state index is -4.38. The molecule has 4 aromatic carbocycles. The third-order valence-electron chi connectivity index (χ3n) is 9.32. The Morgan fingerprint density at radius 2 is 1.56 bits per heavy atom. The van der Waals surface area contributed by atoms with Gasteiger partial charge in [-0.1, -0.05) is 78.1 Å². The smallest absolute Gasteiger partial charge is 0.411 e. The highest BCUT2D eigenvalue weighted by Crippen LogP contribution is 2.36. The highest BCUT2D eigenvalue weighted by molar-refractivity contribution is 7.92. The average molecular weight is 779 g/mol. The molecule has 0 bridgehead atoms. The summed E-state index contributed by atoms with van der Waals surface area (Å²) >= 11 is 0.616. The Hall–Kier alpha value is -6.06. The molecule has 1 aliphatic carbocycles. The second-order valence-corrected chi connectivity index (χ2v) is 16.0. The van der Waals surface area contributed by atoms with E-state index >= 15 is 0 Å². The van der Waals surface area contributed by atoms with Crippen molar-refractivity contribution in [1.29, 1.82) is 0 Å². The number of nitrogens with zero attached hydrogens (tertiary/aromatic N) is 3. The minimum Gasteiger partial charge on any atom is -0.496 e. The molecule has 3 amide bonds. The van der Waals surface area contributed by atoms with Gasteiger partial charge in [0.2, 0.25) is 11.0 Å². The molecule has 6 aromatic rings. The second kappa shape index (κ2) is 16.1. The summed E-state index contributed by atoms with van der Waals surface area (Å²) in [5, 5.41) is 13.4. The first-order valence-electron chi connectivity index (χ1n) is 17.6. The lowest BCUT2D eigenvalue weighted by molar-refractivity contribution is -0.114. The maximum atomic E-state index is 13.2. The number of hydrogen-bond acceptors (Lipinski definition) is 10. The van der Waals surface area contributed by atoms with Gasteiger partial charge < -0.3 is 19.4 Å². The van der Waals surface area contributed by atoms with E-state index in [0.717, 1.165) is 58.8 Å². The van der Waals surface area contributed by atoms with Gasteiger partial charge in [0.1, 0.15) is 11.9 Å². The zero-order valence-electron chi connectivity index (χ0n) is 30.0. The predicted molar refractivity (Wildman–Crippen MR) is 209 cm³/mol. The molecule has 282 valence electrons. The monoisotopic (exact) mass is 778 g/mol. The number of carbonyl (C=O) groups is 3. The van der Waals surface area contributed by atoms with Crippen molar-refractivity contribution in [2.24, 2.45) is 0 Å². The van der Waals surface area contributed by atoms with Crippen LogP contribution < -0.4 is 20.1 Å². The number of methoxy groups -OCH3 is 1.